The summed E-state index contributed by atoms with van der Waals surface area (Å²) in [6.07, 6.45) is -0.225. The number of halogens is 3. The number of nitrogens with one attached hydrogen (secondary N) is 1. The molecule has 1 aliphatic rings. The first-order valence-electron chi connectivity index (χ1n) is 10.1. The molecule has 3 rings (SSSR count). The van der Waals surface area contributed by atoms with Crippen molar-refractivity contribution in [2.75, 3.05) is 32.6 Å². The van der Waals surface area contributed by atoms with Gasteiger partial charge in [0.2, 0.25) is 0 Å². The lowest BCUT2D eigenvalue weighted by molar-refractivity contribution is -0.274. The van der Waals surface area contributed by atoms with E-state index in [1.54, 1.807) is 18.2 Å². The maximum absolute atomic E-state index is 12.4. The first-order chi connectivity index (χ1) is 15.1. The first kappa shape index (κ1) is 25.5. The van der Waals surface area contributed by atoms with Crippen molar-refractivity contribution >= 4 is 11.8 Å². The Morgan fingerprint density at radius 2 is 1.88 bits per heavy atom. The van der Waals surface area contributed by atoms with E-state index in [1.807, 2.05) is 44.1 Å². The molecule has 0 aromatic heterocycles. The molecule has 0 spiro atoms. The summed E-state index contributed by atoms with van der Waals surface area (Å²) in [4.78, 5) is 1.94. The molecular formula is C24H29F3N2O3. The van der Waals surface area contributed by atoms with Crippen LogP contribution in [0.25, 0.3) is 17.2 Å². The Bertz CT molecular complexity index is 939. The van der Waals surface area contributed by atoms with Gasteiger partial charge in [0, 0.05) is 29.9 Å². The molecule has 0 radical (unpaired) electrons. The molecular weight excluding hydrogens is 421 g/mol. The zero-order valence-corrected chi connectivity index (χ0v) is 18.4. The van der Waals surface area contributed by atoms with E-state index >= 15 is 0 Å². The highest BCUT2D eigenvalue weighted by molar-refractivity contribution is 5.89. The maximum atomic E-state index is 12.4. The Morgan fingerprint density at radius 1 is 1.25 bits per heavy atom. The van der Waals surface area contributed by atoms with Crippen molar-refractivity contribution in [3.05, 3.63) is 65.8 Å². The van der Waals surface area contributed by atoms with Gasteiger partial charge in [-0.1, -0.05) is 30.4 Å². The molecule has 5 nitrogen and oxygen atoms in total. The SMILES string of the molecule is C=CC.CN(C)Cc1cc(-c2ccc(OC(F)(F)F)cc2)c2c(c1C(O)CO)C=CCN2. The van der Waals surface area contributed by atoms with Gasteiger partial charge in [0.05, 0.1) is 6.61 Å². The molecule has 1 unspecified atom stereocenters. The zero-order valence-electron chi connectivity index (χ0n) is 18.4. The van der Waals surface area contributed by atoms with E-state index < -0.39 is 19.1 Å². The summed E-state index contributed by atoms with van der Waals surface area (Å²) in [6, 6.07) is 7.58. The second-order valence-corrected chi connectivity index (χ2v) is 7.49. The van der Waals surface area contributed by atoms with Crippen LogP contribution in [0.15, 0.2) is 49.1 Å². The number of rotatable bonds is 6. The molecule has 0 fully saturated rings. The van der Waals surface area contributed by atoms with Gasteiger partial charge in [-0.2, -0.15) is 0 Å². The topological polar surface area (TPSA) is 65.0 Å². The third-order valence-corrected chi connectivity index (χ3v) is 4.57. The summed E-state index contributed by atoms with van der Waals surface area (Å²) < 4.78 is 41.2. The Balaban J connectivity index is 0.00000114. The van der Waals surface area contributed by atoms with E-state index in [9.17, 15) is 23.4 Å². The molecule has 0 amide bonds. The van der Waals surface area contributed by atoms with Crippen molar-refractivity contribution in [1.82, 2.24) is 4.90 Å². The zero-order chi connectivity index (χ0) is 23.9. The predicted octanol–water partition coefficient (Wildman–Crippen LogP) is 4.97. The van der Waals surface area contributed by atoms with Gasteiger partial charge in [0.25, 0.3) is 0 Å². The number of hydrogen-bond donors (Lipinski definition) is 3. The van der Waals surface area contributed by atoms with Crippen LogP contribution < -0.4 is 10.1 Å². The maximum Gasteiger partial charge on any atom is 0.573 e. The fourth-order valence-electron chi connectivity index (χ4n) is 3.50. The molecule has 3 N–H and O–H groups in total. The van der Waals surface area contributed by atoms with Crippen molar-refractivity contribution in [2.24, 2.45) is 0 Å². The lowest BCUT2D eigenvalue weighted by Gasteiger charge is -2.27. The Morgan fingerprint density at radius 3 is 2.41 bits per heavy atom. The molecule has 8 heteroatoms. The van der Waals surface area contributed by atoms with Crippen LogP contribution in [0.4, 0.5) is 18.9 Å². The van der Waals surface area contributed by atoms with Crippen LogP contribution >= 0.6 is 0 Å². The van der Waals surface area contributed by atoms with E-state index in [-0.39, 0.29) is 5.75 Å². The van der Waals surface area contributed by atoms with Crippen LogP contribution in [-0.4, -0.2) is 48.7 Å². The molecule has 0 aliphatic carbocycles. The second-order valence-electron chi connectivity index (χ2n) is 7.49. The molecule has 174 valence electrons. The molecule has 32 heavy (non-hydrogen) atoms. The second kappa shape index (κ2) is 11.2. The minimum atomic E-state index is -4.74. The molecule has 1 aliphatic heterocycles. The number of aliphatic hydroxyl groups excluding tert-OH is 2. The van der Waals surface area contributed by atoms with Crippen LogP contribution in [0.3, 0.4) is 0 Å². The lowest BCUT2D eigenvalue weighted by Crippen LogP contribution is -2.19. The van der Waals surface area contributed by atoms with Crippen LogP contribution in [0, 0.1) is 0 Å². The molecule has 1 heterocycles. The van der Waals surface area contributed by atoms with E-state index in [0.717, 1.165) is 22.4 Å². The summed E-state index contributed by atoms with van der Waals surface area (Å²) in [5.74, 6) is -0.288. The van der Waals surface area contributed by atoms with Crippen molar-refractivity contribution in [3.8, 4) is 16.9 Å². The van der Waals surface area contributed by atoms with E-state index in [1.165, 1.54) is 12.1 Å². The molecule has 2 aromatic rings. The third kappa shape index (κ3) is 6.59. The smallest absolute Gasteiger partial charge is 0.406 e. The minimum absolute atomic E-state index is 0.288. The molecule has 0 bridgehead atoms. The minimum Gasteiger partial charge on any atom is -0.406 e. The summed E-state index contributed by atoms with van der Waals surface area (Å²) in [5.41, 5.74) is 4.51. The Labute approximate surface area is 186 Å². The number of aliphatic hydroxyl groups is 2. The molecule has 0 saturated heterocycles. The molecule has 0 saturated carbocycles. The number of anilines is 1. The van der Waals surface area contributed by atoms with Gasteiger partial charge in [-0.05, 0) is 55.9 Å². The van der Waals surface area contributed by atoms with E-state index in [2.05, 4.69) is 16.6 Å². The van der Waals surface area contributed by atoms with Crippen molar-refractivity contribution in [1.29, 1.82) is 0 Å². The predicted molar refractivity (Wildman–Crippen MR) is 121 cm³/mol. The van der Waals surface area contributed by atoms with Crippen LogP contribution in [0.2, 0.25) is 0 Å². The highest BCUT2D eigenvalue weighted by Gasteiger charge is 2.31. The number of allylic oxidation sites excluding steroid dienone is 1. The Kier molecular flexibility index (Phi) is 8.89. The van der Waals surface area contributed by atoms with Gasteiger partial charge in [0.1, 0.15) is 11.9 Å². The highest BCUT2D eigenvalue weighted by Crippen LogP contribution is 2.41. The van der Waals surface area contributed by atoms with Gasteiger partial charge in [-0.3, -0.25) is 0 Å². The fourth-order valence-corrected chi connectivity index (χ4v) is 3.50. The number of nitrogens with zero attached hydrogens (tertiary/aromatic N) is 1. The first-order valence-corrected chi connectivity index (χ1v) is 10.1. The largest absolute Gasteiger partial charge is 0.573 e. The summed E-state index contributed by atoms with van der Waals surface area (Å²) in [6.45, 7) is 5.94. The average molecular weight is 451 g/mol. The van der Waals surface area contributed by atoms with Crippen molar-refractivity contribution in [2.45, 2.75) is 25.9 Å². The normalized spacial score (nSPS) is 13.5. The number of fused-ring (bicyclic) bond motifs is 1. The average Bonchev–Trinajstić information content (AvgIpc) is 2.72. The standard InChI is InChI=1S/C21H23F3N2O3.C3H6/c1-26(2)11-14-10-17(13-5-7-15(8-6-13)29-21(22,23)24)20-16(4-3-9-25-20)19(14)18(28)12-27;1-3-2/h3-8,10,18,25,27-28H,9,11-12H2,1-2H3;3H,1H2,2H3. The monoisotopic (exact) mass is 450 g/mol. The summed E-state index contributed by atoms with van der Waals surface area (Å²) >= 11 is 0. The highest BCUT2D eigenvalue weighted by atomic mass is 19.4. The van der Waals surface area contributed by atoms with Crippen LogP contribution in [-0.2, 0) is 6.54 Å². The number of ether oxygens (including phenoxy) is 1. The number of alkyl halides is 3. The van der Waals surface area contributed by atoms with Gasteiger partial charge < -0.3 is 25.2 Å². The quantitative estimate of drug-likeness (QED) is 0.543. The molecule has 1 atom stereocenters. The van der Waals surface area contributed by atoms with Gasteiger partial charge in [-0.15, -0.1) is 19.8 Å². The van der Waals surface area contributed by atoms with Crippen LogP contribution in [0.1, 0.15) is 29.7 Å². The number of hydrogen-bond acceptors (Lipinski definition) is 5. The van der Waals surface area contributed by atoms with Crippen molar-refractivity contribution in [3.63, 3.8) is 0 Å². The fraction of sp³-hybridized carbons (Fsp3) is 0.333. The number of benzene rings is 2. The molecule has 2 aromatic carbocycles. The van der Waals surface area contributed by atoms with Crippen LogP contribution in [0.5, 0.6) is 5.75 Å². The Hall–Kier alpha value is -2.81. The van der Waals surface area contributed by atoms with Gasteiger partial charge in [-0.25, -0.2) is 0 Å². The van der Waals surface area contributed by atoms with E-state index in [0.29, 0.717) is 24.2 Å². The van der Waals surface area contributed by atoms with Crippen molar-refractivity contribution < 1.29 is 28.1 Å². The van der Waals surface area contributed by atoms with Gasteiger partial charge in [0.15, 0.2) is 0 Å². The van der Waals surface area contributed by atoms with Gasteiger partial charge >= 0.3 is 6.36 Å². The summed E-state index contributed by atoms with van der Waals surface area (Å²) in [7, 11) is 3.79. The summed E-state index contributed by atoms with van der Waals surface area (Å²) in [5, 5.41) is 23.3. The lowest BCUT2D eigenvalue weighted by atomic mass is 9.87. The van der Waals surface area contributed by atoms with E-state index in [4.69, 9.17) is 0 Å². The third-order valence-electron chi connectivity index (χ3n) is 4.57.